The van der Waals surface area contributed by atoms with Crippen molar-refractivity contribution in [3.05, 3.63) is 39.9 Å². The van der Waals surface area contributed by atoms with Crippen LogP contribution in [0, 0.1) is 0 Å². The number of anilines is 2. The summed E-state index contributed by atoms with van der Waals surface area (Å²) in [6.45, 7) is 3.71. The summed E-state index contributed by atoms with van der Waals surface area (Å²) in [5, 5.41) is 6.64. The van der Waals surface area contributed by atoms with Crippen LogP contribution in [-0.4, -0.2) is 20.9 Å². The van der Waals surface area contributed by atoms with Crippen molar-refractivity contribution >= 4 is 40.2 Å². The number of fused-ring (bicyclic) bond motifs is 1. The quantitative estimate of drug-likeness (QED) is 0.723. The number of hydrogen-bond acceptors (Lipinski definition) is 5. The normalized spacial score (nSPS) is 11.0. The number of hydrogen-bond donors (Lipinski definition) is 2. The standard InChI is InChI=1S/C14H16ClN5S/c1-2-5-16-12-9-20-7-6-17-14(20)13(19-12)18-8-10-3-4-11(15)21-10/h3-4,6-7,9,16H,2,5,8H2,1H3,(H,18,19). The Morgan fingerprint density at radius 3 is 3.00 bits per heavy atom. The van der Waals surface area contributed by atoms with E-state index in [1.54, 1.807) is 17.5 Å². The molecule has 0 fully saturated rings. The average molecular weight is 322 g/mol. The van der Waals surface area contributed by atoms with Crippen LogP contribution in [0.4, 0.5) is 11.6 Å². The van der Waals surface area contributed by atoms with Crippen LogP contribution in [0.1, 0.15) is 18.2 Å². The first-order valence-corrected chi connectivity index (χ1v) is 8.01. The van der Waals surface area contributed by atoms with Gasteiger partial charge in [0, 0.05) is 23.8 Å². The highest BCUT2D eigenvalue weighted by Crippen LogP contribution is 2.23. The monoisotopic (exact) mass is 321 g/mol. The predicted molar refractivity (Wildman–Crippen MR) is 88.4 cm³/mol. The van der Waals surface area contributed by atoms with E-state index < -0.39 is 0 Å². The summed E-state index contributed by atoms with van der Waals surface area (Å²) in [6.07, 6.45) is 6.69. The Morgan fingerprint density at radius 1 is 1.33 bits per heavy atom. The van der Waals surface area contributed by atoms with Crippen molar-refractivity contribution in [2.75, 3.05) is 17.2 Å². The Balaban J connectivity index is 1.83. The van der Waals surface area contributed by atoms with Crippen molar-refractivity contribution < 1.29 is 0 Å². The van der Waals surface area contributed by atoms with Gasteiger partial charge in [0.15, 0.2) is 11.5 Å². The number of imidazole rings is 1. The molecule has 110 valence electrons. The lowest BCUT2D eigenvalue weighted by molar-refractivity contribution is 0.960. The zero-order valence-corrected chi connectivity index (χ0v) is 13.2. The van der Waals surface area contributed by atoms with Crippen LogP contribution < -0.4 is 10.6 Å². The molecule has 3 heterocycles. The number of nitrogens with zero attached hydrogens (tertiary/aromatic N) is 3. The molecule has 0 bridgehead atoms. The highest BCUT2D eigenvalue weighted by atomic mass is 35.5. The van der Waals surface area contributed by atoms with Crippen LogP contribution in [0.3, 0.4) is 0 Å². The Hall–Kier alpha value is -1.79. The summed E-state index contributed by atoms with van der Waals surface area (Å²) in [6, 6.07) is 3.92. The van der Waals surface area contributed by atoms with Crippen molar-refractivity contribution in [1.82, 2.24) is 14.4 Å². The van der Waals surface area contributed by atoms with Gasteiger partial charge in [0.1, 0.15) is 5.82 Å². The fourth-order valence-corrected chi connectivity index (χ4v) is 3.03. The fourth-order valence-electron chi connectivity index (χ4n) is 2.01. The van der Waals surface area contributed by atoms with Gasteiger partial charge in [0.05, 0.1) is 17.1 Å². The highest BCUT2D eigenvalue weighted by molar-refractivity contribution is 7.16. The maximum Gasteiger partial charge on any atom is 0.180 e. The molecule has 3 aromatic heterocycles. The molecule has 0 aliphatic carbocycles. The van der Waals surface area contributed by atoms with Crippen LogP contribution in [0.5, 0.6) is 0 Å². The second-order valence-corrected chi connectivity index (χ2v) is 6.42. The maximum atomic E-state index is 5.95. The molecule has 0 unspecified atom stereocenters. The highest BCUT2D eigenvalue weighted by Gasteiger charge is 2.08. The number of aromatic nitrogens is 3. The van der Waals surface area contributed by atoms with Gasteiger partial charge in [0.25, 0.3) is 0 Å². The second kappa shape index (κ2) is 6.32. The van der Waals surface area contributed by atoms with Crippen molar-refractivity contribution in [3.8, 4) is 0 Å². The van der Waals surface area contributed by atoms with Crippen LogP contribution >= 0.6 is 22.9 Å². The molecule has 0 saturated heterocycles. The lowest BCUT2D eigenvalue weighted by atomic mass is 10.4. The van der Waals surface area contributed by atoms with Crippen LogP contribution in [-0.2, 0) is 6.54 Å². The zero-order valence-electron chi connectivity index (χ0n) is 11.6. The molecule has 0 radical (unpaired) electrons. The molecule has 3 aromatic rings. The summed E-state index contributed by atoms with van der Waals surface area (Å²) in [7, 11) is 0. The van der Waals surface area contributed by atoms with Gasteiger partial charge in [-0.25, -0.2) is 9.97 Å². The van der Waals surface area contributed by atoms with E-state index in [4.69, 9.17) is 11.6 Å². The molecule has 0 aliphatic heterocycles. The van der Waals surface area contributed by atoms with Crippen LogP contribution in [0.15, 0.2) is 30.7 Å². The first-order chi connectivity index (χ1) is 10.3. The Kier molecular flexibility index (Phi) is 4.26. The minimum atomic E-state index is 0.685. The van der Waals surface area contributed by atoms with Gasteiger partial charge in [-0.15, -0.1) is 11.3 Å². The Morgan fingerprint density at radius 2 is 2.24 bits per heavy atom. The van der Waals surface area contributed by atoms with Gasteiger partial charge in [-0.3, -0.25) is 0 Å². The third-order valence-electron chi connectivity index (χ3n) is 2.99. The smallest absolute Gasteiger partial charge is 0.180 e. The molecular weight excluding hydrogens is 306 g/mol. The van der Waals surface area contributed by atoms with E-state index in [1.807, 2.05) is 28.9 Å². The van der Waals surface area contributed by atoms with E-state index in [9.17, 15) is 0 Å². The minimum absolute atomic E-state index is 0.685. The molecule has 0 aromatic carbocycles. The first-order valence-electron chi connectivity index (χ1n) is 6.82. The number of thiophene rings is 1. The van der Waals surface area contributed by atoms with Crippen molar-refractivity contribution in [2.45, 2.75) is 19.9 Å². The predicted octanol–water partition coefficient (Wildman–Crippen LogP) is 3.88. The Bertz CT molecular complexity index is 736. The molecule has 0 atom stereocenters. The number of nitrogens with one attached hydrogen (secondary N) is 2. The molecule has 21 heavy (non-hydrogen) atoms. The summed E-state index contributed by atoms with van der Waals surface area (Å²) < 4.78 is 2.76. The van der Waals surface area contributed by atoms with E-state index in [0.717, 1.165) is 34.6 Å². The molecule has 7 heteroatoms. The second-order valence-electron chi connectivity index (χ2n) is 4.62. The van der Waals surface area contributed by atoms with E-state index in [0.29, 0.717) is 6.54 Å². The number of halogens is 1. The summed E-state index contributed by atoms with van der Waals surface area (Å²) >= 11 is 7.52. The topological polar surface area (TPSA) is 54.2 Å². The molecule has 0 saturated carbocycles. The lowest BCUT2D eigenvalue weighted by Crippen LogP contribution is -2.08. The molecular formula is C14H16ClN5S. The van der Waals surface area contributed by atoms with Gasteiger partial charge in [-0.1, -0.05) is 18.5 Å². The largest absolute Gasteiger partial charge is 0.369 e. The molecule has 0 amide bonds. The van der Waals surface area contributed by atoms with Crippen molar-refractivity contribution in [3.63, 3.8) is 0 Å². The van der Waals surface area contributed by atoms with Crippen molar-refractivity contribution in [1.29, 1.82) is 0 Å². The lowest BCUT2D eigenvalue weighted by Gasteiger charge is -2.10. The van der Waals surface area contributed by atoms with Gasteiger partial charge in [0.2, 0.25) is 0 Å². The summed E-state index contributed by atoms with van der Waals surface area (Å²) in [5.74, 6) is 1.61. The van der Waals surface area contributed by atoms with Crippen molar-refractivity contribution in [2.24, 2.45) is 0 Å². The SMILES string of the molecule is CCCNc1cn2ccnc2c(NCc2ccc(Cl)s2)n1. The van der Waals surface area contributed by atoms with Crippen LogP contribution in [0.2, 0.25) is 4.34 Å². The van der Waals surface area contributed by atoms with E-state index >= 15 is 0 Å². The number of rotatable bonds is 6. The minimum Gasteiger partial charge on any atom is -0.369 e. The van der Waals surface area contributed by atoms with Crippen LogP contribution in [0.25, 0.3) is 5.65 Å². The molecule has 2 N–H and O–H groups in total. The van der Waals surface area contributed by atoms with Gasteiger partial charge in [-0.2, -0.15) is 0 Å². The average Bonchev–Trinajstić information content (AvgIpc) is 3.11. The summed E-state index contributed by atoms with van der Waals surface area (Å²) in [5.41, 5.74) is 0.819. The van der Waals surface area contributed by atoms with E-state index in [-0.39, 0.29) is 0 Å². The molecule has 3 rings (SSSR count). The maximum absolute atomic E-state index is 5.95. The third-order valence-corrected chi connectivity index (χ3v) is 4.22. The fraction of sp³-hybridized carbons (Fsp3) is 0.286. The third kappa shape index (κ3) is 3.28. The van der Waals surface area contributed by atoms with E-state index in [2.05, 4.69) is 27.5 Å². The molecule has 0 aliphatic rings. The van der Waals surface area contributed by atoms with Gasteiger partial charge >= 0.3 is 0 Å². The van der Waals surface area contributed by atoms with Gasteiger partial charge < -0.3 is 15.0 Å². The molecule has 5 nitrogen and oxygen atoms in total. The van der Waals surface area contributed by atoms with E-state index in [1.165, 1.54) is 4.88 Å². The molecule has 0 spiro atoms. The zero-order chi connectivity index (χ0) is 14.7. The Labute approximate surface area is 132 Å². The first kappa shape index (κ1) is 14.2. The summed E-state index contributed by atoms with van der Waals surface area (Å²) in [4.78, 5) is 10.1. The van der Waals surface area contributed by atoms with Gasteiger partial charge in [-0.05, 0) is 18.6 Å².